The van der Waals surface area contributed by atoms with Crippen molar-refractivity contribution >= 4 is 41.0 Å². The molecule has 1 unspecified atom stereocenters. The van der Waals surface area contributed by atoms with E-state index in [0.717, 1.165) is 12.8 Å². The van der Waals surface area contributed by atoms with E-state index in [1.165, 1.54) is 12.3 Å². The quantitative estimate of drug-likeness (QED) is 0.306. The van der Waals surface area contributed by atoms with Gasteiger partial charge in [0.05, 0.1) is 27.5 Å². The summed E-state index contributed by atoms with van der Waals surface area (Å²) in [7, 11) is 0. The van der Waals surface area contributed by atoms with Crippen molar-refractivity contribution in [2.45, 2.75) is 82.3 Å². The summed E-state index contributed by atoms with van der Waals surface area (Å²) >= 11 is 6.04. The maximum atomic E-state index is 13.4. The second-order valence-corrected chi connectivity index (χ2v) is 11.9. The van der Waals surface area contributed by atoms with Crippen LogP contribution in [0.25, 0.3) is 0 Å². The number of aliphatic hydroxyl groups is 1. The van der Waals surface area contributed by atoms with Crippen LogP contribution in [0.3, 0.4) is 0 Å². The maximum Gasteiger partial charge on any atom is 0.394 e. The van der Waals surface area contributed by atoms with Crippen LogP contribution in [0.4, 0.5) is 19.0 Å². The van der Waals surface area contributed by atoms with E-state index < -0.39 is 52.8 Å². The zero-order chi connectivity index (χ0) is 28.3. The van der Waals surface area contributed by atoms with Gasteiger partial charge in [-0.3, -0.25) is 19.2 Å². The Morgan fingerprint density at radius 3 is 2.49 bits per heavy atom. The molecule has 1 aromatic rings. The molecule has 6 rings (SSSR count). The fraction of sp³-hybridized carbons (Fsp3) is 0.640. The molecule has 10 nitrogen and oxygen atoms in total. The highest BCUT2D eigenvalue weighted by Gasteiger charge is 2.81. The standard InChI is InChI=1S/C25H29ClF3N5O5/c1-11-4-12(19(36)31-11)5-16(17(35)21(38)32-14-2-3-14)33-20(37)15-6-13(26)7-30-18(15)34-22(39)23-8-24(9-23,10-23)25(27,28)29/h6-7,11-12,14,16-17,35H,2-5,8-10H2,1H3,(H,31,36)(H,32,38)(H,33,37)(H,30,34,39)/t11-,12+,16+,17?,23?,24?/m1/s1. The van der Waals surface area contributed by atoms with Crippen molar-refractivity contribution in [1.29, 1.82) is 0 Å². The second-order valence-electron chi connectivity index (χ2n) is 11.5. The first-order chi connectivity index (χ1) is 18.2. The van der Waals surface area contributed by atoms with Gasteiger partial charge in [0, 0.05) is 24.2 Å². The van der Waals surface area contributed by atoms with Crippen molar-refractivity contribution in [3.8, 4) is 0 Å². The van der Waals surface area contributed by atoms with Gasteiger partial charge in [-0.25, -0.2) is 4.98 Å². The summed E-state index contributed by atoms with van der Waals surface area (Å²) in [5, 5.41) is 21.4. The molecule has 2 bridgehead atoms. The predicted octanol–water partition coefficient (Wildman–Crippen LogP) is 2.06. The normalized spacial score (nSPS) is 30.8. The highest BCUT2D eigenvalue weighted by Crippen LogP contribution is 2.78. The van der Waals surface area contributed by atoms with Gasteiger partial charge in [-0.05, 0) is 57.9 Å². The van der Waals surface area contributed by atoms with Crippen molar-refractivity contribution < 1.29 is 37.5 Å². The van der Waals surface area contributed by atoms with Gasteiger partial charge in [-0.1, -0.05) is 11.6 Å². The van der Waals surface area contributed by atoms with E-state index in [2.05, 4.69) is 26.3 Å². The van der Waals surface area contributed by atoms with Gasteiger partial charge < -0.3 is 26.4 Å². The summed E-state index contributed by atoms with van der Waals surface area (Å²) in [5.41, 5.74) is -3.19. The topological polar surface area (TPSA) is 150 Å². The number of carbonyl (C=O) groups excluding carboxylic acids is 4. The molecule has 212 valence electrons. The first-order valence-corrected chi connectivity index (χ1v) is 13.2. The number of halogens is 4. The number of nitrogens with zero attached hydrogens (tertiary/aromatic N) is 1. The first-order valence-electron chi connectivity index (χ1n) is 12.9. The Morgan fingerprint density at radius 1 is 1.26 bits per heavy atom. The largest absolute Gasteiger partial charge is 0.394 e. The molecule has 5 fully saturated rings. The highest BCUT2D eigenvalue weighted by molar-refractivity contribution is 6.31. The number of carbonyl (C=O) groups is 4. The molecule has 0 spiro atoms. The molecular formula is C25H29ClF3N5O5. The molecule has 0 aromatic carbocycles. The average Bonchev–Trinajstić information content (AvgIpc) is 3.53. The van der Waals surface area contributed by atoms with Crippen LogP contribution in [0.15, 0.2) is 12.3 Å². The third-order valence-corrected chi connectivity index (χ3v) is 8.48. The number of rotatable bonds is 9. The lowest BCUT2D eigenvalue weighted by molar-refractivity contribution is -0.349. The summed E-state index contributed by atoms with van der Waals surface area (Å²) in [4.78, 5) is 55.2. The summed E-state index contributed by atoms with van der Waals surface area (Å²) in [5.74, 6) is -3.22. The van der Waals surface area contributed by atoms with Crippen LogP contribution in [-0.2, 0) is 14.4 Å². The Labute approximate surface area is 226 Å². The van der Waals surface area contributed by atoms with Crippen LogP contribution >= 0.6 is 11.6 Å². The monoisotopic (exact) mass is 571 g/mol. The van der Waals surface area contributed by atoms with Gasteiger partial charge in [-0.2, -0.15) is 13.2 Å². The third-order valence-electron chi connectivity index (χ3n) is 8.27. The Hall–Kier alpha value is -2.93. The van der Waals surface area contributed by atoms with Crippen LogP contribution in [0.2, 0.25) is 5.02 Å². The molecule has 39 heavy (non-hydrogen) atoms. The van der Waals surface area contributed by atoms with Crippen LogP contribution in [0.5, 0.6) is 0 Å². The number of alkyl halides is 3. The Kier molecular flexibility index (Phi) is 6.81. The summed E-state index contributed by atoms with van der Waals surface area (Å²) in [6.07, 6.45) is -3.86. The lowest BCUT2D eigenvalue weighted by Gasteiger charge is -2.68. The van der Waals surface area contributed by atoms with Crippen LogP contribution in [-0.4, -0.2) is 64.1 Å². The van der Waals surface area contributed by atoms with Crippen molar-refractivity contribution in [2.75, 3.05) is 5.32 Å². The molecule has 14 heteroatoms. The van der Waals surface area contributed by atoms with Gasteiger partial charge in [0.25, 0.3) is 11.8 Å². The molecule has 1 aliphatic heterocycles. The second kappa shape index (κ2) is 9.61. The van der Waals surface area contributed by atoms with E-state index in [9.17, 15) is 37.5 Å². The lowest BCUT2D eigenvalue weighted by Crippen LogP contribution is -2.71. The van der Waals surface area contributed by atoms with E-state index in [1.807, 2.05) is 6.92 Å². The van der Waals surface area contributed by atoms with Crippen LogP contribution in [0.1, 0.15) is 62.2 Å². The van der Waals surface area contributed by atoms with Crippen LogP contribution in [0, 0.1) is 16.7 Å². The number of aromatic nitrogens is 1. The maximum absolute atomic E-state index is 13.4. The minimum absolute atomic E-state index is 0.0283. The molecular weight excluding hydrogens is 543 g/mol. The lowest BCUT2D eigenvalue weighted by atomic mass is 9.34. The zero-order valence-electron chi connectivity index (χ0n) is 21.0. The molecule has 2 heterocycles. The molecule has 1 aromatic heterocycles. The molecule has 5 N–H and O–H groups in total. The summed E-state index contributed by atoms with van der Waals surface area (Å²) < 4.78 is 39.7. The average molecular weight is 572 g/mol. The van der Waals surface area contributed by atoms with E-state index >= 15 is 0 Å². The number of hydrogen-bond acceptors (Lipinski definition) is 6. The number of anilines is 1. The number of amides is 4. The van der Waals surface area contributed by atoms with E-state index in [0.29, 0.717) is 6.42 Å². The van der Waals surface area contributed by atoms with Crippen molar-refractivity contribution in [3.63, 3.8) is 0 Å². The minimum Gasteiger partial charge on any atom is -0.381 e. The number of hydrogen-bond donors (Lipinski definition) is 5. The van der Waals surface area contributed by atoms with Crippen molar-refractivity contribution in [3.05, 3.63) is 22.8 Å². The number of aliphatic hydroxyl groups excluding tert-OH is 1. The van der Waals surface area contributed by atoms with Gasteiger partial charge in [0.2, 0.25) is 11.8 Å². The SMILES string of the molecule is C[C@@H]1C[C@@H](C[C@H](NC(=O)c2cc(Cl)cnc2NC(=O)C23CC(C(F)(F)F)(C2)C3)C(O)C(=O)NC2CC2)C(=O)N1. The van der Waals surface area contributed by atoms with Gasteiger partial charge in [0.1, 0.15) is 5.82 Å². The molecule has 4 saturated carbocycles. The Bertz CT molecular complexity index is 1200. The number of pyridine rings is 1. The third kappa shape index (κ3) is 5.18. The van der Waals surface area contributed by atoms with Crippen LogP contribution < -0.4 is 21.3 Å². The summed E-state index contributed by atoms with van der Waals surface area (Å²) in [6, 6.07) is -0.102. The van der Waals surface area contributed by atoms with E-state index in [4.69, 9.17) is 11.6 Å². The molecule has 0 radical (unpaired) electrons. The molecule has 1 saturated heterocycles. The highest BCUT2D eigenvalue weighted by atomic mass is 35.5. The van der Waals surface area contributed by atoms with Crippen molar-refractivity contribution in [1.82, 2.24) is 20.9 Å². The molecule has 5 aliphatic rings. The molecule has 4 aliphatic carbocycles. The summed E-state index contributed by atoms with van der Waals surface area (Å²) in [6.45, 7) is 1.82. The fourth-order valence-electron chi connectivity index (χ4n) is 5.95. The van der Waals surface area contributed by atoms with Gasteiger partial charge >= 0.3 is 6.18 Å². The molecule has 4 amide bonds. The number of nitrogens with one attached hydrogen (secondary N) is 4. The van der Waals surface area contributed by atoms with Crippen molar-refractivity contribution in [2.24, 2.45) is 16.7 Å². The van der Waals surface area contributed by atoms with Gasteiger partial charge in [0.15, 0.2) is 6.10 Å². The smallest absolute Gasteiger partial charge is 0.381 e. The predicted molar refractivity (Wildman–Crippen MR) is 131 cm³/mol. The van der Waals surface area contributed by atoms with E-state index in [-0.39, 0.29) is 60.1 Å². The van der Waals surface area contributed by atoms with E-state index in [1.54, 1.807) is 0 Å². The fourth-order valence-corrected chi connectivity index (χ4v) is 6.11. The van der Waals surface area contributed by atoms with Gasteiger partial charge in [-0.15, -0.1) is 0 Å². The molecule has 4 atom stereocenters. The zero-order valence-corrected chi connectivity index (χ0v) is 21.8. The Balaban J connectivity index is 1.31. The Morgan fingerprint density at radius 2 is 1.92 bits per heavy atom. The first kappa shape index (κ1) is 27.6. The minimum atomic E-state index is -4.38.